The van der Waals surface area contributed by atoms with E-state index in [1.807, 2.05) is 12.1 Å². The van der Waals surface area contributed by atoms with Crippen molar-refractivity contribution in [1.29, 1.82) is 5.26 Å². The molecule has 7 heteroatoms. The Hall–Kier alpha value is -2.16. The van der Waals surface area contributed by atoms with Gasteiger partial charge in [-0.1, -0.05) is 11.6 Å². The predicted octanol–water partition coefficient (Wildman–Crippen LogP) is 4.30. The zero-order valence-electron chi connectivity index (χ0n) is 13.6. The number of nitrogen functional groups attached to an aromatic ring is 1. The van der Waals surface area contributed by atoms with Crippen molar-refractivity contribution in [3.05, 3.63) is 46.1 Å². The second-order valence-corrected chi connectivity index (χ2v) is 6.60. The molecular formula is C18H18Cl2N4O. The number of hydrogen-bond donors (Lipinski definition) is 2. The van der Waals surface area contributed by atoms with Gasteiger partial charge in [0.25, 0.3) is 0 Å². The molecule has 1 aliphatic rings. The first-order chi connectivity index (χ1) is 12.1. The zero-order valence-corrected chi connectivity index (χ0v) is 15.1. The molecule has 1 aromatic carbocycles. The van der Waals surface area contributed by atoms with Crippen LogP contribution in [0.25, 0.3) is 0 Å². The zero-order chi connectivity index (χ0) is 17.8. The van der Waals surface area contributed by atoms with Crippen LogP contribution >= 0.6 is 23.2 Å². The third-order valence-electron chi connectivity index (χ3n) is 4.22. The van der Waals surface area contributed by atoms with Crippen molar-refractivity contribution >= 4 is 34.7 Å². The lowest BCUT2D eigenvalue weighted by atomic mass is 9.86. The van der Waals surface area contributed by atoms with E-state index >= 15 is 0 Å². The molecule has 0 saturated carbocycles. The maximum absolute atomic E-state index is 9.48. The monoisotopic (exact) mass is 376 g/mol. The van der Waals surface area contributed by atoms with Crippen molar-refractivity contribution < 1.29 is 4.74 Å². The number of halogens is 2. The highest BCUT2D eigenvalue weighted by molar-refractivity contribution is 6.33. The summed E-state index contributed by atoms with van der Waals surface area (Å²) in [7, 11) is 0. The second kappa shape index (κ2) is 7.81. The SMILES string of the molecule is N#Cc1cc2c(c(Cl)c1OCCCl)CCCC2Nc1ccc(N)nc1. The topological polar surface area (TPSA) is 84.0 Å². The number of pyridine rings is 1. The number of nitrogens with one attached hydrogen (secondary N) is 1. The molecule has 1 atom stereocenters. The molecule has 0 fully saturated rings. The highest BCUT2D eigenvalue weighted by Gasteiger charge is 2.26. The first-order valence-electron chi connectivity index (χ1n) is 8.06. The van der Waals surface area contributed by atoms with E-state index in [2.05, 4.69) is 16.4 Å². The molecule has 130 valence electrons. The van der Waals surface area contributed by atoms with Crippen molar-refractivity contribution in [2.45, 2.75) is 25.3 Å². The van der Waals surface area contributed by atoms with E-state index in [-0.39, 0.29) is 6.04 Å². The lowest BCUT2D eigenvalue weighted by molar-refractivity contribution is 0.341. The van der Waals surface area contributed by atoms with Gasteiger partial charge in [0, 0.05) is 0 Å². The Morgan fingerprint density at radius 3 is 2.96 bits per heavy atom. The molecule has 3 rings (SSSR count). The summed E-state index contributed by atoms with van der Waals surface area (Å²) < 4.78 is 5.61. The van der Waals surface area contributed by atoms with Gasteiger partial charge in [-0.25, -0.2) is 4.98 Å². The smallest absolute Gasteiger partial charge is 0.155 e. The predicted molar refractivity (Wildman–Crippen MR) is 100 cm³/mol. The molecule has 0 bridgehead atoms. The molecule has 0 amide bonds. The first-order valence-corrected chi connectivity index (χ1v) is 8.97. The van der Waals surface area contributed by atoms with Gasteiger partial charge in [-0.2, -0.15) is 5.26 Å². The van der Waals surface area contributed by atoms with Gasteiger partial charge in [0.2, 0.25) is 0 Å². The third-order valence-corrected chi connectivity index (χ3v) is 4.78. The van der Waals surface area contributed by atoms with Gasteiger partial charge in [0.1, 0.15) is 18.5 Å². The third kappa shape index (κ3) is 3.76. The van der Waals surface area contributed by atoms with Crippen molar-refractivity contribution in [3.63, 3.8) is 0 Å². The average molecular weight is 377 g/mol. The van der Waals surface area contributed by atoms with Gasteiger partial charge in [0.15, 0.2) is 5.75 Å². The molecule has 1 aliphatic carbocycles. The van der Waals surface area contributed by atoms with Crippen LogP contribution in [0.2, 0.25) is 5.02 Å². The number of anilines is 2. The van der Waals surface area contributed by atoms with E-state index in [0.717, 1.165) is 36.1 Å². The molecule has 0 aliphatic heterocycles. The molecule has 5 nitrogen and oxygen atoms in total. The molecule has 0 radical (unpaired) electrons. The summed E-state index contributed by atoms with van der Waals surface area (Å²) in [5.74, 6) is 1.25. The first kappa shape index (κ1) is 17.7. The van der Waals surface area contributed by atoms with E-state index < -0.39 is 0 Å². The molecule has 2 aromatic rings. The molecule has 1 aromatic heterocycles. The minimum absolute atomic E-state index is 0.0563. The number of rotatable bonds is 5. The number of hydrogen-bond acceptors (Lipinski definition) is 5. The van der Waals surface area contributed by atoms with Gasteiger partial charge >= 0.3 is 0 Å². The van der Waals surface area contributed by atoms with Crippen molar-refractivity contribution in [3.8, 4) is 11.8 Å². The Morgan fingerprint density at radius 1 is 1.44 bits per heavy atom. The van der Waals surface area contributed by atoms with E-state index in [9.17, 15) is 5.26 Å². The van der Waals surface area contributed by atoms with E-state index in [0.29, 0.717) is 34.6 Å². The van der Waals surface area contributed by atoms with Crippen LogP contribution in [0.1, 0.15) is 35.6 Å². The highest BCUT2D eigenvalue weighted by Crippen LogP contribution is 2.42. The maximum atomic E-state index is 9.48. The van der Waals surface area contributed by atoms with Gasteiger partial charge in [0.05, 0.1) is 34.4 Å². The number of nitriles is 1. The van der Waals surface area contributed by atoms with Crippen molar-refractivity contribution in [2.75, 3.05) is 23.5 Å². The van der Waals surface area contributed by atoms with Crippen LogP contribution in [0, 0.1) is 11.3 Å². The minimum Gasteiger partial charge on any atom is -0.489 e. The van der Waals surface area contributed by atoms with Crippen LogP contribution in [0.15, 0.2) is 24.4 Å². The number of alkyl halides is 1. The van der Waals surface area contributed by atoms with Gasteiger partial charge in [-0.15, -0.1) is 11.6 Å². The summed E-state index contributed by atoms with van der Waals surface area (Å²) in [6.45, 7) is 0.313. The number of ether oxygens (including phenoxy) is 1. The molecule has 1 unspecified atom stereocenters. The van der Waals surface area contributed by atoms with Crippen LogP contribution < -0.4 is 15.8 Å². The minimum atomic E-state index is 0.0563. The van der Waals surface area contributed by atoms with E-state index in [1.165, 1.54) is 0 Å². The Morgan fingerprint density at radius 2 is 2.28 bits per heavy atom. The quantitative estimate of drug-likeness (QED) is 0.760. The largest absolute Gasteiger partial charge is 0.489 e. The molecule has 25 heavy (non-hydrogen) atoms. The fraction of sp³-hybridized carbons (Fsp3) is 0.333. The summed E-state index contributed by atoms with van der Waals surface area (Å²) in [5, 5.41) is 13.5. The summed E-state index contributed by atoms with van der Waals surface area (Å²) in [6.07, 6.45) is 4.50. The second-order valence-electron chi connectivity index (χ2n) is 5.85. The number of nitrogens with two attached hydrogens (primary N) is 1. The lowest BCUT2D eigenvalue weighted by Gasteiger charge is -2.29. The lowest BCUT2D eigenvalue weighted by Crippen LogP contribution is -2.19. The van der Waals surface area contributed by atoms with Gasteiger partial charge in [-0.3, -0.25) is 0 Å². The molecule has 0 saturated heterocycles. The fourth-order valence-corrected chi connectivity index (χ4v) is 3.54. The maximum Gasteiger partial charge on any atom is 0.155 e. The van der Waals surface area contributed by atoms with Crippen LogP contribution in [0.5, 0.6) is 5.75 Å². The Bertz CT molecular complexity index is 802. The average Bonchev–Trinajstić information content (AvgIpc) is 2.63. The Kier molecular flexibility index (Phi) is 5.52. The molecular weight excluding hydrogens is 359 g/mol. The fourth-order valence-electron chi connectivity index (χ4n) is 3.10. The Labute approximate surface area is 156 Å². The Balaban J connectivity index is 1.96. The van der Waals surface area contributed by atoms with Crippen LogP contribution in [-0.2, 0) is 6.42 Å². The van der Waals surface area contributed by atoms with E-state index in [4.69, 9.17) is 33.7 Å². The summed E-state index contributed by atoms with van der Waals surface area (Å²) in [4.78, 5) is 4.10. The highest BCUT2D eigenvalue weighted by atomic mass is 35.5. The normalized spacial score (nSPS) is 16.0. The standard InChI is InChI=1S/C18H18Cl2N4O/c19-6-7-25-18-11(9-21)8-14-13(17(18)20)2-1-3-15(14)24-12-4-5-16(22)23-10-12/h4-5,8,10,15,24H,1-3,6-7H2,(H2,22,23). The van der Waals surface area contributed by atoms with E-state index in [1.54, 1.807) is 12.3 Å². The number of aromatic nitrogens is 1. The van der Waals surface area contributed by atoms with Crippen LogP contribution in [0.4, 0.5) is 11.5 Å². The van der Waals surface area contributed by atoms with Crippen LogP contribution in [0.3, 0.4) is 0 Å². The number of nitrogens with zero attached hydrogens (tertiary/aromatic N) is 2. The van der Waals surface area contributed by atoms with Gasteiger partial charge in [-0.05, 0) is 48.6 Å². The summed E-state index contributed by atoms with van der Waals surface area (Å²) in [5.41, 5.74) is 9.00. The van der Waals surface area contributed by atoms with Gasteiger partial charge < -0.3 is 15.8 Å². The molecule has 1 heterocycles. The van der Waals surface area contributed by atoms with Crippen molar-refractivity contribution in [1.82, 2.24) is 4.98 Å². The number of benzene rings is 1. The molecule has 0 spiro atoms. The summed E-state index contributed by atoms with van der Waals surface area (Å²) >= 11 is 12.3. The molecule has 3 N–H and O–H groups in total. The van der Waals surface area contributed by atoms with Crippen molar-refractivity contribution in [2.24, 2.45) is 0 Å². The van der Waals surface area contributed by atoms with Crippen LogP contribution in [-0.4, -0.2) is 17.5 Å². The number of fused-ring (bicyclic) bond motifs is 1. The summed E-state index contributed by atoms with van der Waals surface area (Å²) in [6, 6.07) is 7.74.